The van der Waals surface area contributed by atoms with E-state index in [4.69, 9.17) is 0 Å². The van der Waals surface area contributed by atoms with Crippen LogP contribution in [0.3, 0.4) is 0 Å². The van der Waals surface area contributed by atoms with Gasteiger partial charge in [0.1, 0.15) is 0 Å². The fourth-order valence-electron chi connectivity index (χ4n) is 16.3. The monoisotopic (exact) mass is 1480 g/mol. The Hall–Kier alpha value is -12.0. The molecule has 2 aliphatic carbocycles. The number of hydrogen-bond acceptors (Lipinski definition) is 6. The fourth-order valence-corrected chi connectivity index (χ4v) is 19.7. The van der Waals surface area contributed by atoms with Crippen LogP contribution in [0.4, 0.5) is 34.1 Å². The molecule has 0 aromatic heterocycles. The Balaban J connectivity index is 0.694. The van der Waals surface area contributed by atoms with Crippen LogP contribution in [0.5, 0.6) is 0 Å². The van der Waals surface area contributed by atoms with Gasteiger partial charge in [-0.25, -0.2) is 0 Å². The third-order valence-electron chi connectivity index (χ3n) is 21.5. The highest BCUT2D eigenvalue weighted by molar-refractivity contribution is 7.99. The lowest BCUT2D eigenvalue weighted by Gasteiger charge is -2.35. The van der Waals surface area contributed by atoms with Gasteiger partial charge in [0.05, 0.1) is 10.8 Å². The van der Waals surface area contributed by atoms with E-state index in [1.807, 2.05) is 35.7 Å². The molecular formula is C104H76N2S4. The van der Waals surface area contributed by atoms with Crippen molar-refractivity contribution in [3.63, 3.8) is 0 Å². The lowest BCUT2D eigenvalue weighted by molar-refractivity contribution is 0.766. The van der Waals surface area contributed by atoms with Gasteiger partial charge < -0.3 is 9.80 Å². The van der Waals surface area contributed by atoms with E-state index in [2.05, 4.69) is 423 Å². The summed E-state index contributed by atoms with van der Waals surface area (Å²) in [5, 5.41) is 0. The maximum absolute atomic E-state index is 3.97. The predicted octanol–water partition coefficient (Wildman–Crippen LogP) is 29.2. The molecule has 2 unspecified atom stereocenters. The largest absolute Gasteiger partial charge is 0.310 e. The third kappa shape index (κ3) is 13.4. The molecule has 0 saturated heterocycles. The van der Waals surface area contributed by atoms with Crippen LogP contribution in [-0.2, 0) is 22.3 Å². The second kappa shape index (κ2) is 30.9. The lowest BCUT2D eigenvalue weighted by atomic mass is 9.67. The van der Waals surface area contributed by atoms with E-state index in [-0.39, 0.29) is 0 Å². The smallest absolute Gasteiger partial charge is 0.0714 e. The molecule has 0 heterocycles. The molecule has 0 spiro atoms. The molecular weight excluding hydrogens is 1410 g/mol. The second-order valence-corrected chi connectivity index (χ2v) is 32.3. The number of benzene rings is 16. The van der Waals surface area contributed by atoms with Gasteiger partial charge in [-0.05, 0) is 246 Å². The van der Waals surface area contributed by atoms with Crippen molar-refractivity contribution in [1.29, 1.82) is 0 Å². The van der Waals surface area contributed by atoms with Crippen molar-refractivity contribution in [2.75, 3.05) is 9.80 Å². The Labute approximate surface area is 663 Å². The molecule has 0 amide bonds. The topological polar surface area (TPSA) is 6.48 Å². The molecule has 0 radical (unpaired) electrons. The van der Waals surface area contributed by atoms with Gasteiger partial charge in [0, 0.05) is 75.0 Å². The number of nitrogens with zero attached hydrogens (tertiary/aromatic N) is 2. The van der Waals surface area contributed by atoms with E-state index >= 15 is 0 Å². The highest BCUT2D eigenvalue weighted by atomic mass is 32.2. The van der Waals surface area contributed by atoms with Crippen molar-refractivity contribution < 1.29 is 0 Å². The van der Waals surface area contributed by atoms with Crippen molar-refractivity contribution >= 4 is 93.3 Å². The van der Waals surface area contributed by atoms with Crippen LogP contribution in [0.25, 0.3) is 45.5 Å². The van der Waals surface area contributed by atoms with Gasteiger partial charge in [-0.1, -0.05) is 304 Å². The van der Waals surface area contributed by atoms with Crippen molar-refractivity contribution in [3.05, 3.63) is 480 Å². The van der Waals surface area contributed by atoms with E-state index in [9.17, 15) is 0 Å². The molecule has 0 saturated carbocycles. The summed E-state index contributed by atoms with van der Waals surface area (Å²) in [4.78, 5) is 12.1. The van der Waals surface area contributed by atoms with E-state index in [1.165, 1.54) is 107 Å². The zero-order valence-electron chi connectivity index (χ0n) is 60.6. The Morgan fingerprint density at radius 1 is 0.236 bits per heavy atom. The van der Waals surface area contributed by atoms with Crippen LogP contribution in [0.2, 0.25) is 0 Å². The molecule has 0 N–H and O–H groups in total. The normalized spacial score (nSPS) is 14.4. The van der Waals surface area contributed by atoms with Gasteiger partial charge in [-0.15, -0.1) is 23.5 Å². The minimum atomic E-state index is -0.644. The van der Waals surface area contributed by atoms with Crippen molar-refractivity contribution in [2.24, 2.45) is 0 Å². The standard InChI is InChI=1S/C104H76N2S4/c1-3-73-33-37-75(38-34-73)71-107-89-59-45-79(46-60-89)103(81-49-63-93(64-50-81)109-91-25-13-7-14-26-91)99-31-19-17-29-95(99)97-67-57-87(69-101(97)103)105(83-21-9-5-10-22-83)85-53-41-77(42-54-85)78-43-55-86(56-44-78)106(84-23-11-6-12-24-84)88-58-68-98-96-30-18-20-32-100(96)104(102(98)70-88,82-51-65-94(66-52-82)110-92-27-15-8-16-28-92)80-47-61-90(62-48-80)108-72-76-39-35-74(4-2)36-40-76/h3-70H,1-2,71-72H2. The van der Waals surface area contributed by atoms with Crippen LogP contribution in [-0.4, -0.2) is 0 Å². The molecule has 2 atom stereocenters. The minimum Gasteiger partial charge on any atom is -0.310 e. The van der Waals surface area contributed by atoms with E-state index in [1.54, 1.807) is 23.5 Å². The Morgan fingerprint density at radius 3 is 0.864 bits per heavy atom. The van der Waals surface area contributed by atoms with Gasteiger partial charge in [0.25, 0.3) is 0 Å². The summed E-state index contributed by atoms with van der Waals surface area (Å²) in [6, 6.07) is 149. The molecule has 526 valence electrons. The first kappa shape index (κ1) is 69.7. The second-order valence-electron chi connectivity index (χ2n) is 27.9. The summed E-state index contributed by atoms with van der Waals surface area (Å²) in [7, 11) is 0. The first-order chi connectivity index (χ1) is 54.4. The van der Waals surface area contributed by atoms with Gasteiger partial charge in [-0.2, -0.15) is 0 Å². The number of hydrogen-bond donors (Lipinski definition) is 0. The summed E-state index contributed by atoms with van der Waals surface area (Å²) >= 11 is 7.33. The maximum atomic E-state index is 3.97. The van der Waals surface area contributed by atoms with Crippen molar-refractivity contribution in [3.8, 4) is 33.4 Å². The number of para-hydroxylation sites is 2. The lowest BCUT2D eigenvalue weighted by Crippen LogP contribution is -2.28. The molecule has 110 heavy (non-hydrogen) atoms. The minimum absolute atomic E-state index is 0.644. The van der Waals surface area contributed by atoms with Gasteiger partial charge in [-0.3, -0.25) is 0 Å². The summed E-state index contributed by atoms with van der Waals surface area (Å²) in [5.41, 5.74) is 27.2. The van der Waals surface area contributed by atoms with Gasteiger partial charge >= 0.3 is 0 Å². The molecule has 0 aliphatic heterocycles. The molecule has 6 heteroatoms. The Bertz CT molecular complexity index is 5570. The fraction of sp³-hybridized carbons (Fsp3) is 0.0385. The predicted molar refractivity (Wildman–Crippen MR) is 469 cm³/mol. The first-order valence-electron chi connectivity index (χ1n) is 37.3. The average Bonchev–Trinajstić information content (AvgIpc) is 1.54. The summed E-state index contributed by atoms with van der Waals surface area (Å²) in [6.07, 6.45) is 3.80. The SMILES string of the molecule is C=Cc1ccc(CSc2ccc(C3(c4ccc(Sc5ccccc5)cc4)c4ccccc4-c4ccc(N(c5ccccc5)c5ccc(-c6ccc(N(c7ccccc7)c7ccc8c(c7)C(c7ccc(SCc9ccc(C=C)cc9)cc7)(c7ccc(Sc9ccccc9)cc7)c7ccccc7-8)cc6)cc5)cc43)cc2)cc1. The summed E-state index contributed by atoms with van der Waals surface area (Å²) in [6.45, 7) is 7.94. The summed E-state index contributed by atoms with van der Waals surface area (Å²) < 4.78 is 0. The zero-order chi connectivity index (χ0) is 73.8. The van der Waals surface area contributed by atoms with E-state index < -0.39 is 10.8 Å². The zero-order valence-corrected chi connectivity index (χ0v) is 63.9. The molecule has 2 aliphatic rings. The Morgan fingerprint density at radius 2 is 0.518 bits per heavy atom. The first-order valence-corrected chi connectivity index (χ1v) is 40.9. The molecule has 0 bridgehead atoms. The van der Waals surface area contributed by atoms with E-state index in [0.29, 0.717) is 0 Å². The van der Waals surface area contributed by atoms with Gasteiger partial charge in [0.2, 0.25) is 0 Å². The summed E-state index contributed by atoms with van der Waals surface area (Å²) in [5.74, 6) is 1.75. The third-order valence-corrected chi connectivity index (χ3v) is 25.7. The van der Waals surface area contributed by atoms with Gasteiger partial charge in [0.15, 0.2) is 0 Å². The van der Waals surface area contributed by atoms with Crippen LogP contribution < -0.4 is 9.80 Å². The molecule has 2 nitrogen and oxygen atoms in total. The number of anilines is 6. The molecule has 0 fully saturated rings. The van der Waals surface area contributed by atoms with Crippen LogP contribution in [0, 0.1) is 0 Å². The molecule has 16 aromatic carbocycles. The van der Waals surface area contributed by atoms with Crippen LogP contribution in [0.1, 0.15) is 66.8 Å². The number of rotatable bonds is 23. The average molecular weight is 1480 g/mol. The number of thioether (sulfide) groups is 2. The van der Waals surface area contributed by atoms with Crippen molar-refractivity contribution in [2.45, 2.75) is 51.7 Å². The molecule has 18 rings (SSSR count). The molecule has 16 aromatic rings. The highest BCUT2D eigenvalue weighted by Gasteiger charge is 2.48. The van der Waals surface area contributed by atoms with Crippen LogP contribution in [0.15, 0.2) is 443 Å². The highest BCUT2D eigenvalue weighted by Crippen LogP contribution is 2.60. The Kier molecular flexibility index (Phi) is 19.6. The van der Waals surface area contributed by atoms with Crippen LogP contribution >= 0.6 is 47.0 Å². The van der Waals surface area contributed by atoms with E-state index in [0.717, 1.165) is 67.9 Å². The maximum Gasteiger partial charge on any atom is 0.0714 e. The number of fused-ring (bicyclic) bond motifs is 6. The van der Waals surface area contributed by atoms with Crippen molar-refractivity contribution in [1.82, 2.24) is 0 Å². The quantitative estimate of drug-likeness (QED) is 0.0585.